The molecule has 0 saturated carbocycles. The Kier molecular flexibility index (Phi) is 4.50. The van der Waals surface area contributed by atoms with E-state index in [1.54, 1.807) is 6.20 Å². The van der Waals surface area contributed by atoms with Crippen LogP contribution in [0.25, 0.3) is 0 Å². The number of rotatable bonds is 5. The molecule has 94 valence electrons. The van der Waals surface area contributed by atoms with Crippen LogP contribution in [0.2, 0.25) is 0 Å². The van der Waals surface area contributed by atoms with Gasteiger partial charge in [0.2, 0.25) is 11.9 Å². The summed E-state index contributed by atoms with van der Waals surface area (Å²) in [6, 6.07) is -1.37. The van der Waals surface area contributed by atoms with E-state index < -0.39 is 12.1 Å². The number of nitrogens with one attached hydrogen (secondary N) is 3. The zero-order valence-corrected chi connectivity index (χ0v) is 9.86. The van der Waals surface area contributed by atoms with Crippen LogP contribution in [0.15, 0.2) is 12.4 Å². The van der Waals surface area contributed by atoms with Crippen LogP contribution in [0.5, 0.6) is 0 Å². The largest absolute Gasteiger partial charge is 0.352 e. The zero-order valence-electron chi connectivity index (χ0n) is 9.86. The lowest BCUT2D eigenvalue weighted by molar-refractivity contribution is -0.118. The number of amides is 3. The highest BCUT2D eigenvalue weighted by atomic mass is 16.2. The van der Waals surface area contributed by atoms with Gasteiger partial charge in [-0.2, -0.15) is 0 Å². The summed E-state index contributed by atoms with van der Waals surface area (Å²) >= 11 is 0. The second kappa shape index (κ2) is 5.88. The second-order valence-corrected chi connectivity index (χ2v) is 4.12. The standard InChI is InChI=1S/C10H17N5O2/c1-6(2)5-7(14-9(11)17)8(16)15-10-12-3-4-13-10/h3-4,6-7H,5H2,1-2H3,(H3,11,14,17)(H2,12,13,15,16). The number of aromatic amines is 1. The molecule has 17 heavy (non-hydrogen) atoms. The van der Waals surface area contributed by atoms with Crippen molar-refractivity contribution in [2.75, 3.05) is 5.32 Å². The molecule has 0 bridgehead atoms. The highest BCUT2D eigenvalue weighted by molar-refractivity contribution is 5.95. The van der Waals surface area contributed by atoms with Gasteiger partial charge in [-0.3, -0.25) is 10.1 Å². The van der Waals surface area contributed by atoms with Crippen molar-refractivity contribution in [1.29, 1.82) is 0 Å². The van der Waals surface area contributed by atoms with Gasteiger partial charge < -0.3 is 16.0 Å². The number of hydrogen-bond acceptors (Lipinski definition) is 3. The zero-order chi connectivity index (χ0) is 12.8. The molecule has 0 saturated heterocycles. The highest BCUT2D eigenvalue weighted by Gasteiger charge is 2.21. The fourth-order valence-electron chi connectivity index (χ4n) is 1.41. The van der Waals surface area contributed by atoms with E-state index >= 15 is 0 Å². The molecule has 5 N–H and O–H groups in total. The average molecular weight is 239 g/mol. The van der Waals surface area contributed by atoms with E-state index in [0.717, 1.165) is 0 Å². The summed E-state index contributed by atoms with van der Waals surface area (Å²) in [5.74, 6) is 0.261. The molecule has 7 nitrogen and oxygen atoms in total. The third-order valence-electron chi connectivity index (χ3n) is 2.08. The first-order valence-electron chi connectivity index (χ1n) is 5.35. The Morgan fingerprint density at radius 3 is 2.71 bits per heavy atom. The lowest BCUT2D eigenvalue weighted by Gasteiger charge is -2.18. The minimum absolute atomic E-state index is 0.259. The number of hydrogen-bond donors (Lipinski definition) is 4. The number of carbonyl (C=O) groups excluding carboxylic acids is 2. The van der Waals surface area contributed by atoms with E-state index in [-0.39, 0.29) is 11.8 Å². The molecule has 1 rings (SSSR count). The number of nitrogens with two attached hydrogens (primary N) is 1. The monoisotopic (exact) mass is 239 g/mol. The summed E-state index contributed by atoms with van der Waals surface area (Å²) in [7, 11) is 0. The van der Waals surface area contributed by atoms with Gasteiger partial charge in [0, 0.05) is 12.4 Å². The summed E-state index contributed by atoms with van der Waals surface area (Å²) in [5.41, 5.74) is 5.03. The summed E-state index contributed by atoms with van der Waals surface area (Å²) < 4.78 is 0. The van der Waals surface area contributed by atoms with Crippen LogP contribution < -0.4 is 16.4 Å². The molecule has 3 amide bonds. The van der Waals surface area contributed by atoms with E-state index in [1.165, 1.54) is 6.20 Å². The van der Waals surface area contributed by atoms with Crippen LogP contribution in [0.3, 0.4) is 0 Å². The van der Waals surface area contributed by atoms with Crippen molar-refractivity contribution in [2.24, 2.45) is 11.7 Å². The van der Waals surface area contributed by atoms with Crippen LogP contribution in [0.4, 0.5) is 10.7 Å². The van der Waals surface area contributed by atoms with Crippen LogP contribution in [-0.4, -0.2) is 27.9 Å². The average Bonchev–Trinajstić information content (AvgIpc) is 2.67. The van der Waals surface area contributed by atoms with Crippen LogP contribution in [0.1, 0.15) is 20.3 Å². The molecule has 0 spiro atoms. The van der Waals surface area contributed by atoms with Gasteiger partial charge in [-0.15, -0.1) is 0 Å². The minimum atomic E-state index is -0.717. The molecule has 7 heteroatoms. The molecule has 1 aromatic heterocycles. The van der Waals surface area contributed by atoms with E-state index in [9.17, 15) is 9.59 Å². The number of aromatic nitrogens is 2. The molecule has 1 unspecified atom stereocenters. The summed E-state index contributed by atoms with van der Waals surface area (Å²) in [6.45, 7) is 3.91. The number of anilines is 1. The van der Waals surface area contributed by atoms with Crippen LogP contribution in [-0.2, 0) is 4.79 Å². The quantitative estimate of drug-likeness (QED) is 0.597. The molecule has 1 atom stereocenters. The van der Waals surface area contributed by atoms with Gasteiger partial charge in [0.25, 0.3) is 0 Å². The Morgan fingerprint density at radius 1 is 1.53 bits per heavy atom. The maximum Gasteiger partial charge on any atom is 0.312 e. The SMILES string of the molecule is CC(C)CC(NC(N)=O)C(=O)Nc1ncc[nH]1. The van der Waals surface area contributed by atoms with Gasteiger partial charge in [-0.25, -0.2) is 9.78 Å². The molecule has 0 aliphatic heterocycles. The van der Waals surface area contributed by atoms with Gasteiger partial charge in [0.15, 0.2) is 0 Å². The molecule has 0 aliphatic rings. The number of H-pyrrole nitrogens is 1. The van der Waals surface area contributed by atoms with Gasteiger partial charge in [0.05, 0.1) is 0 Å². The van der Waals surface area contributed by atoms with E-state index in [1.807, 2.05) is 13.8 Å². The van der Waals surface area contributed by atoms with Crippen molar-refractivity contribution in [3.63, 3.8) is 0 Å². The number of imidazole rings is 1. The molecule has 1 aromatic rings. The van der Waals surface area contributed by atoms with E-state index in [0.29, 0.717) is 12.4 Å². The Labute approximate surface area is 99.2 Å². The normalized spacial score (nSPS) is 12.2. The van der Waals surface area contributed by atoms with Crippen molar-refractivity contribution in [2.45, 2.75) is 26.3 Å². The molecule has 0 radical (unpaired) electrons. The number of carbonyl (C=O) groups is 2. The molecule has 1 heterocycles. The lowest BCUT2D eigenvalue weighted by atomic mass is 10.0. The molecule has 0 aliphatic carbocycles. The first kappa shape index (κ1) is 13.0. The van der Waals surface area contributed by atoms with Crippen LogP contribution in [0, 0.1) is 5.92 Å². The molecule has 0 aromatic carbocycles. The Hall–Kier alpha value is -2.05. The minimum Gasteiger partial charge on any atom is -0.352 e. The van der Waals surface area contributed by atoms with Crippen molar-refractivity contribution in [1.82, 2.24) is 15.3 Å². The first-order valence-corrected chi connectivity index (χ1v) is 5.35. The van der Waals surface area contributed by atoms with Crippen LogP contribution >= 0.6 is 0 Å². The van der Waals surface area contributed by atoms with Crippen molar-refractivity contribution >= 4 is 17.9 Å². The predicted molar refractivity (Wildman–Crippen MR) is 63.2 cm³/mol. The van der Waals surface area contributed by atoms with E-state index in [2.05, 4.69) is 20.6 Å². The van der Waals surface area contributed by atoms with Gasteiger partial charge in [0.1, 0.15) is 6.04 Å². The maximum atomic E-state index is 11.8. The summed E-state index contributed by atoms with van der Waals surface area (Å²) in [5, 5.41) is 4.97. The van der Waals surface area contributed by atoms with Crippen molar-refractivity contribution in [3.8, 4) is 0 Å². The van der Waals surface area contributed by atoms with Crippen molar-refractivity contribution in [3.05, 3.63) is 12.4 Å². The second-order valence-electron chi connectivity index (χ2n) is 4.12. The Morgan fingerprint density at radius 2 is 2.24 bits per heavy atom. The number of urea groups is 1. The smallest absolute Gasteiger partial charge is 0.312 e. The number of nitrogens with zero attached hydrogens (tertiary/aromatic N) is 1. The predicted octanol–water partition coefficient (Wildman–Crippen LogP) is 0.431. The van der Waals surface area contributed by atoms with Crippen molar-refractivity contribution < 1.29 is 9.59 Å². The maximum absolute atomic E-state index is 11.8. The fourth-order valence-corrected chi connectivity index (χ4v) is 1.41. The third-order valence-corrected chi connectivity index (χ3v) is 2.08. The van der Waals surface area contributed by atoms with E-state index in [4.69, 9.17) is 5.73 Å². The van der Waals surface area contributed by atoms with Gasteiger partial charge in [-0.1, -0.05) is 13.8 Å². The Bertz CT molecular complexity index is 374. The molecular weight excluding hydrogens is 222 g/mol. The lowest BCUT2D eigenvalue weighted by Crippen LogP contribution is -2.46. The third kappa shape index (κ3) is 4.54. The van der Waals surface area contributed by atoms with Gasteiger partial charge >= 0.3 is 6.03 Å². The van der Waals surface area contributed by atoms with Gasteiger partial charge in [-0.05, 0) is 12.3 Å². The highest BCUT2D eigenvalue weighted by Crippen LogP contribution is 2.07. The Balaban J connectivity index is 2.61. The first-order chi connectivity index (χ1) is 7.99. The number of primary amides is 1. The molecular formula is C10H17N5O2. The molecule has 0 fully saturated rings. The topological polar surface area (TPSA) is 113 Å². The fraction of sp³-hybridized carbons (Fsp3) is 0.500. The summed E-state index contributed by atoms with van der Waals surface area (Å²) in [4.78, 5) is 29.3. The summed E-state index contributed by atoms with van der Waals surface area (Å²) in [6.07, 6.45) is 3.62.